The van der Waals surface area contributed by atoms with Crippen LogP contribution >= 0.6 is 0 Å². The largest absolute Gasteiger partial charge is 0.438 e. The number of nitrogens with one attached hydrogen (secondary N) is 2. The van der Waals surface area contributed by atoms with Gasteiger partial charge in [0.25, 0.3) is 0 Å². The molecule has 2 aromatic carbocycles. The van der Waals surface area contributed by atoms with Gasteiger partial charge in [-0.3, -0.25) is 4.98 Å². The minimum Gasteiger partial charge on any atom is -0.438 e. The highest BCUT2D eigenvalue weighted by Gasteiger charge is 2.32. The SMILES string of the molecule is COC1CCN(c2ccc3c(Oc4ccc(NC(=O)NCc5ccc(C(F)(F)F)nc5)cc4)ncnc3c2)CC1. The van der Waals surface area contributed by atoms with Crippen LogP contribution in [0.4, 0.5) is 29.3 Å². The Hall–Kier alpha value is -4.45. The molecule has 5 rings (SSSR count). The van der Waals surface area contributed by atoms with Crippen LogP contribution in [0.2, 0.25) is 0 Å². The van der Waals surface area contributed by atoms with Gasteiger partial charge >= 0.3 is 12.2 Å². The summed E-state index contributed by atoms with van der Waals surface area (Å²) in [4.78, 5) is 26.6. The molecule has 12 heteroatoms. The molecule has 40 heavy (non-hydrogen) atoms. The van der Waals surface area contributed by atoms with E-state index in [2.05, 4.69) is 30.5 Å². The first-order valence-electron chi connectivity index (χ1n) is 12.7. The lowest BCUT2D eigenvalue weighted by atomic mass is 10.1. The summed E-state index contributed by atoms with van der Waals surface area (Å²) in [7, 11) is 1.75. The molecule has 0 atom stereocenters. The number of hydrogen-bond acceptors (Lipinski definition) is 7. The minimum absolute atomic E-state index is 0.0199. The van der Waals surface area contributed by atoms with Crippen molar-refractivity contribution in [2.75, 3.05) is 30.4 Å². The number of methoxy groups -OCH3 is 1. The van der Waals surface area contributed by atoms with Gasteiger partial charge in [-0.1, -0.05) is 6.07 Å². The number of amides is 2. The fourth-order valence-corrected chi connectivity index (χ4v) is 4.42. The second kappa shape index (κ2) is 11.7. The van der Waals surface area contributed by atoms with Crippen molar-refractivity contribution in [3.8, 4) is 11.6 Å². The fraction of sp³-hybridized carbons (Fsp3) is 0.286. The van der Waals surface area contributed by atoms with E-state index < -0.39 is 17.9 Å². The van der Waals surface area contributed by atoms with Crippen LogP contribution in [0.5, 0.6) is 11.6 Å². The normalized spacial score (nSPS) is 14.2. The first-order chi connectivity index (χ1) is 19.3. The first kappa shape index (κ1) is 27.1. The number of piperidine rings is 1. The Morgan fingerprint density at radius 1 is 1.02 bits per heavy atom. The standard InChI is InChI=1S/C28H27F3N6O3/c1-39-21-10-12-37(13-11-21)20-5-8-23-24(14-20)34-17-35-26(23)40-22-6-3-19(4-7-22)36-27(38)33-16-18-2-9-25(32-15-18)28(29,30)31/h2-9,14-15,17,21H,10-13,16H2,1H3,(H2,33,36,38). The van der Waals surface area contributed by atoms with Gasteiger partial charge in [-0.25, -0.2) is 14.8 Å². The molecule has 1 aliphatic heterocycles. The number of carbonyl (C=O) groups excluding carboxylic acids is 1. The maximum Gasteiger partial charge on any atom is 0.433 e. The highest BCUT2D eigenvalue weighted by atomic mass is 19.4. The highest BCUT2D eigenvalue weighted by Crippen LogP contribution is 2.31. The van der Waals surface area contributed by atoms with Gasteiger partial charge in [-0.05, 0) is 66.9 Å². The van der Waals surface area contributed by atoms with Crippen LogP contribution in [0.3, 0.4) is 0 Å². The maximum atomic E-state index is 12.6. The Kier molecular flexibility index (Phi) is 7.96. The van der Waals surface area contributed by atoms with Gasteiger partial charge in [0.15, 0.2) is 0 Å². The van der Waals surface area contributed by atoms with Gasteiger partial charge in [0, 0.05) is 44.3 Å². The molecule has 1 aliphatic rings. The average molecular weight is 553 g/mol. The van der Waals surface area contributed by atoms with E-state index in [0.29, 0.717) is 29.0 Å². The molecule has 9 nitrogen and oxygen atoms in total. The summed E-state index contributed by atoms with van der Waals surface area (Å²) >= 11 is 0. The molecule has 0 unspecified atom stereocenters. The van der Waals surface area contributed by atoms with E-state index in [0.717, 1.165) is 54.8 Å². The maximum absolute atomic E-state index is 12.6. The molecule has 4 aromatic rings. The molecule has 0 aliphatic carbocycles. The molecule has 2 amide bonds. The zero-order valence-electron chi connectivity index (χ0n) is 21.6. The number of pyridine rings is 1. The number of nitrogens with zero attached hydrogens (tertiary/aromatic N) is 4. The topological polar surface area (TPSA) is 102 Å². The van der Waals surface area contributed by atoms with E-state index in [4.69, 9.17) is 9.47 Å². The Bertz CT molecular complexity index is 1460. The summed E-state index contributed by atoms with van der Waals surface area (Å²) in [5.74, 6) is 0.936. The highest BCUT2D eigenvalue weighted by molar-refractivity contribution is 5.89. The van der Waals surface area contributed by atoms with Gasteiger partial charge < -0.3 is 25.0 Å². The van der Waals surface area contributed by atoms with Crippen LogP contribution in [-0.4, -0.2) is 47.3 Å². The molecule has 1 fully saturated rings. The number of alkyl halides is 3. The summed E-state index contributed by atoms with van der Waals surface area (Å²) in [5, 5.41) is 6.03. The number of fused-ring (bicyclic) bond motifs is 1. The molecular weight excluding hydrogens is 525 g/mol. The van der Waals surface area contributed by atoms with Gasteiger partial charge in [-0.15, -0.1) is 0 Å². The lowest BCUT2D eigenvalue weighted by Gasteiger charge is -2.33. The van der Waals surface area contributed by atoms with Crippen LogP contribution in [0, 0.1) is 0 Å². The average Bonchev–Trinajstić information content (AvgIpc) is 2.97. The van der Waals surface area contributed by atoms with Crippen molar-refractivity contribution in [2.24, 2.45) is 0 Å². The number of carbonyl (C=O) groups is 1. The van der Waals surface area contributed by atoms with E-state index in [9.17, 15) is 18.0 Å². The Morgan fingerprint density at radius 3 is 2.48 bits per heavy atom. The van der Waals surface area contributed by atoms with Crippen molar-refractivity contribution >= 4 is 28.3 Å². The van der Waals surface area contributed by atoms with E-state index in [1.54, 1.807) is 31.4 Å². The first-order valence-corrected chi connectivity index (χ1v) is 12.7. The summed E-state index contributed by atoms with van der Waals surface area (Å²) in [6.07, 6.45) is 0.305. The lowest BCUT2D eigenvalue weighted by molar-refractivity contribution is -0.141. The zero-order chi connectivity index (χ0) is 28.1. The van der Waals surface area contributed by atoms with Crippen molar-refractivity contribution in [1.29, 1.82) is 0 Å². The number of hydrogen-bond donors (Lipinski definition) is 2. The number of aromatic nitrogens is 3. The molecule has 0 saturated carbocycles. The van der Waals surface area contributed by atoms with Crippen molar-refractivity contribution in [3.05, 3.63) is 78.4 Å². The predicted molar refractivity (Wildman–Crippen MR) is 143 cm³/mol. The number of anilines is 2. The Labute approximate surface area is 228 Å². The fourth-order valence-electron chi connectivity index (χ4n) is 4.42. The van der Waals surface area contributed by atoms with Crippen LogP contribution < -0.4 is 20.3 Å². The molecule has 0 bridgehead atoms. The molecule has 0 spiro atoms. The van der Waals surface area contributed by atoms with Crippen molar-refractivity contribution in [1.82, 2.24) is 20.3 Å². The Morgan fingerprint density at radius 2 is 1.80 bits per heavy atom. The number of urea groups is 1. The second-order valence-electron chi connectivity index (χ2n) is 9.29. The van der Waals surface area contributed by atoms with E-state index in [-0.39, 0.29) is 6.54 Å². The molecule has 208 valence electrons. The minimum atomic E-state index is -4.51. The molecule has 1 saturated heterocycles. The third-order valence-electron chi connectivity index (χ3n) is 6.62. The molecule has 0 radical (unpaired) electrons. The number of halogens is 3. The second-order valence-corrected chi connectivity index (χ2v) is 9.29. The molecule has 2 N–H and O–H groups in total. The summed E-state index contributed by atoms with van der Waals surface area (Å²) in [6, 6.07) is 14.4. The van der Waals surface area contributed by atoms with Crippen molar-refractivity contribution < 1.29 is 27.4 Å². The van der Waals surface area contributed by atoms with Crippen LogP contribution in [0.25, 0.3) is 10.9 Å². The number of benzene rings is 2. The summed E-state index contributed by atoms with van der Waals surface area (Å²) < 4.78 is 49.4. The molecular formula is C28H27F3N6O3. The van der Waals surface area contributed by atoms with Gasteiger partial charge in [-0.2, -0.15) is 13.2 Å². The van der Waals surface area contributed by atoms with Crippen molar-refractivity contribution in [2.45, 2.75) is 31.7 Å². The molecule has 2 aromatic heterocycles. The third kappa shape index (κ3) is 6.57. The van der Waals surface area contributed by atoms with Gasteiger partial charge in [0.2, 0.25) is 5.88 Å². The lowest BCUT2D eigenvalue weighted by Crippen LogP contribution is -2.36. The van der Waals surface area contributed by atoms with E-state index >= 15 is 0 Å². The van der Waals surface area contributed by atoms with E-state index in [1.807, 2.05) is 18.2 Å². The summed E-state index contributed by atoms with van der Waals surface area (Å²) in [6.45, 7) is 1.86. The van der Waals surface area contributed by atoms with Gasteiger partial charge in [0.1, 0.15) is 17.8 Å². The van der Waals surface area contributed by atoms with Crippen LogP contribution in [0.15, 0.2) is 67.1 Å². The quantitative estimate of drug-likeness (QED) is 0.300. The van der Waals surface area contributed by atoms with E-state index in [1.165, 1.54) is 12.4 Å². The van der Waals surface area contributed by atoms with Gasteiger partial charge in [0.05, 0.1) is 17.0 Å². The zero-order valence-corrected chi connectivity index (χ0v) is 21.6. The predicted octanol–water partition coefficient (Wildman–Crippen LogP) is 5.77. The monoisotopic (exact) mass is 552 g/mol. The third-order valence-corrected chi connectivity index (χ3v) is 6.62. The number of ether oxygens (including phenoxy) is 2. The molecule has 3 heterocycles. The smallest absolute Gasteiger partial charge is 0.433 e. The Balaban J connectivity index is 1.17. The summed E-state index contributed by atoms with van der Waals surface area (Å²) in [5.41, 5.74) is 1.82. The van der Waals surface area contributed by atoms with Crippen LogP contribution in [0.1, 0.15) is 24.1 Å². The number of rotatable bonds is 7. The van der Waals surface area contributed by atoms with Crippen LogP contribution in [-0.2, 0) is 17.5 Å². The van der Waals surface area contributed by atoms with Crippen molar-refractivity contribution in [3.63, 3.8) is 0 Å².